The van der Waals surface area contributed by atoms with Crippen LogP contribution in [0, 0.1) is 20.8 Å². The van der Waals surface area contributed by atoms with Crippen LogP contribution in [-0.2, 0) is 6.42 Å². The molecule has 0 aliphatic rings. The van der Waals surface area contributed by atoms with Gasteiger partial charge in [-0.25, -0.2) is 0 Å². The molecule has 2 aromatic rings. The monoisotopic (exact) mass is 259 g/mol. The van der Waals surface area contributed by atoms with E-state index in [4.69, 9.17) is 4.52 Å². The highest BCUT2D eigenvalue weighted by Crippen LogP contribution is 2.16. The summed E-state index contributed by atoms with van der Waals surface area (Å²) in [4.78, 5) is 4.19. The summed E-state index contributed by atoms with van der Waals surface area (Å²) in [5, 5.41) is 7.37. The molecule has 0 saturated heterocycles. The minimum Gasteiger partial charge on any atom is -0.340 e. The largest absolute Gasteiger partial charge is 0.340 e. The van der Waals surface area contributed by atoms with Gasteiger partial charge in [0.2, 0.25) is 5.89 Å². The lowest BCUT2D eigenvalue weighted by Gasteiger charge is -2.15. The normalized spacial score (nSPS) is 12.6. The van der Waals surface area contributed by atoms with Crippen LogP contribution >= 0.6 is 0 Å². The molecule has 19 heavy (non-hydrogen) atoms. The quantitative estimate of drug-likeness (QED) is 0.897. The number of aryl methyl sites for hydroxylation is 3. The summed E-state index contributed by atoms with van der Waals surface area (Å²) >= 11 is 0. The highest BCUT2D eigenvalue weighted by molar-refractivity contribution is 5.31. The van der Waals surface area contributed by atoms with Crippen molar-refractivity contribution in [2.24, 2.45) is 0 Å². The van der Waals surface area contributed by atoms with E-state index >= 15 is 0 Å². The number of benzene rings is 1. The fourth-order valence-corrected chi connectivity index (χ4v) is 2.00. The molecule has 0 aliphatic carbocycles. The topological polar surface area (TPSA) is 51.0 Å². The van der Waals surface area contributed by atoms with E-state index in [9.17, 15) is 0 Å². The van der Waals surface area contributed by atoms with Crippen LogP contribution in [0.25, 0.3) is 0 Å². The molecule has 0 radical (unpaired) electrons. The first kappa shape index (κ1) is 13.7. The van der Waals surface area contributed by atoms with Crippen LogP contribution in [0.4, 0.5) is 0 Å². The van der Waals surface area contributed by atoms with Gasteiger partial charge in [-0.1, -0.05) is 23.4 Å². The Hall–Kier alpha value is -1.68. The molecule has 1 aromatic carbocycles. The van der Waals surface area contributed by atoms with Gasteiger partial charge in [-0.15, -0.1) is 0 Å². The maximum Gasteiger partial charge on any atom is 0.223 e. The van der Waals surface area contributed by atoms with Gasteiger partial charge in [0.15, 0.2) is 5.82 Å². The zero-order chi connectivity index (χ0) is 13.8. The Kier molecular flexibility index (Phi) is 4.32. The fourth-order valence-electron chi connectivity index (χ4n) is 2.00. The Bertz CT molecular complexity index is 548. The third-order valence-electron chi connectivity index (χ3n) is 3.40. The van der Waals surface area contributed by atoms with Crippen molar-refractivity contribution in [2.45, 2.75) is 40.2 Å². The fraction of sp³-hybridized carbons (Fsp3) is 0.467. The molecule has 0 spiro atoms. The van der Waals surface area contributed by atoms with Crippen molar-refractivity contribution in [3.05, 3.63) is 46.6 Å². The standard InChI is InChI=1S/C15H21N3O/c1-10-5-6-14(9-11(10)2)12(3)16-8-7-15-17-13(4)19-18-15/h5-6,9,12,16H,7-8H2,1-4H3. The second-order valence-electron chi connectivity index (χ2n) is 5.00. The van der Waals surface area contributed by atoms with Gasteiger partial charge in [0.25, 0.3) is 0 Å². The molecule has 1 atom stereocenters. The summed E-state index contributed by atoms with van der Waals surface area (Å²) in [5.41, 5.74) is 3.98. The van der Waals surface area contributed by atoms with E-state index in [-0.39, 0.29) is 0 Å². The van der Waals surface area contributed by atoms with Crippen molar-refractivity contribution in [1.29, 1.82) is 0 Å². The number of nitrogens with one attached hydrogen (secondary N) is 1. The predicted molar refractivity (Wildman–Crippen MR) is 75.1 cm³/mol. The summed E-state index contributed by atoms with van der Waals surface area (Å²) < 4.78 is 4.95. The molecular weight excluding hydrogens is 238 g/mol. The summed E-state index contributed by atoms with van der Waals surface area (Å²) in [6.07, 6.45) is 0.784. The first-order valence-corrected chi connectivity index (χ1v) is 6.66. The van der Waals surface area contributed by atoms with Gasteiger partial charge in [0, 0.05) is 25.9 Å². The second-order valence-corrected chi connectivity index (χ2v) is 5.00. The smallest absolute Gasteiger partial charge is 0.223 e. The zero-order valence-electron chi connectivity index (χ0n) is 12.0. The van der Waals surface area contributed by atoms with Gasteiger partial charge in [-0.3, -0.25) is 0 Å². The Balaban J connectivity index is 1.86. The van der Waals surface area contributed by atoms with Gasteiger partial charge in [-0.2, -0.15) is 4.98 Å². The molecule has 1 N–H and O–H groups in total. The van der Waals surface area contributed by atoms with E-state index in [0.29, 0.717) is 11.9 Å². The number of nitrogens with zero attached hydrogens (tertiary/aromatic N) is 2. The van der Waals surface area contributed by atoms with Gasteiger partial charge in [-0.05, 0) is 37.5 Å². The highest BCUT2D eigenvalue weighted by Gasteiger charge is 2.07. The van der Waals surface area contributed by atoms with Crippen molar-refractivity contribution in [2.75, 3.05) is 6.54 Å². The second kappa shape index (κ2) is 5.97. The molecule has 102 valence electrons. The van der Waals surface area contributed by atoms with Crippen LogP contribution in [0.1, 0.15) is 41.4 Å². The van der Waals surface area contributed by atoms with Crippen molar-refractivity contribution in [3.63, 3.8) is 0 Å². The average molecular weight is 259 g/mol. The van der Waals surface area contributed by atoms with Gasteiger partial charge in [0.1, 0.15) is 0 Å². The number of hydrogen-bond donors (Lipinski definition) is 1. The van der Waals surface area contributed by atoms with E-state index in [1.54, 1.807) is 0 Å². The van der Waals surface area contributed by atoms with Crippen LogP contribution in [0.5, 0.6) is 0 Å². The first-order chi connectivity index (χ1) is 9.06. The third kappa shape index (κ3) is 3.64. The number of hydrogen-bond acceptors (Lipinski definition) is 4. The summed E-state index contributed by atoms with van der Waals surface area (Å²) in [6, 6.07) is 6.92. The lowest BCUT2D eigenvalue weighted by atomic mass is 10.0. The summed E-state index contributed by atoms with van der Waals surface area (Å²) in [7, 11) is 0. The van der Waals surface area contributed by atoms with Crippen LogP contribution in [-0.4, -0.2) is 16.7 Å². The van der Waals surface area contributed by atoms with Crippen molar-refractivity contribution in [1.82, 2.24) is 15.5 Å². The lowest BCUT2D eigenvalue weighted by molar-refractivity contribution is 0.386. The molecule has 0 fully saturated rings. The zero-order valence-corrected chi connectivity index (χ0v) is 12.0. The summed E-state index contributed by atoms with van der Waals surface area (Å²) in [6.45, 7) is 9.10. The number of aromatic nitrogens is 2. The molecule has 4 nitrogen and oxygen atoms in total. The molecule has 4 heteroatoms. The minimum absolute atomic E-state index is 0.326. The Morgan fingerprint density at radius 1 is 1.21 bits per heavy atom. The van der Waals surface area contributed by atoms with Crippen LogP contribution in [0.2, 0.25) is 0 Å². The molecule has 1 unspecified atom stereocenters. The molecule has 0 amide bonds. The highest BCUT2D eigenvalue weighted by atomic mass is 16.5. The van der Waals surface area contributed by atoms with Crippen LogP contribution in [0.3, 0.4) is 0 Å². The Morgan fingerprint density at radius 3 is 2.63 bits per heavy atom. The van der Waals surface area contributed by atoms with Crippen molar-refractivity contribution < 1.29 is 4.52 Å². The molecule has 0 aliphatic heterocycles. The molecule has 1 aromatic heterocycles. The molecule has 0 bridgehead atoms. The first-order valence-electron chi connectivity index (χ1n) is 6.66. The maximum absolute atomic E-state index is 4.95. The minimum atomic E-state index is 0.326. The summed E-state index contributed by atoms with van der Waals surface area (Å²) in [5.74, 6) is 1.38. The number of rotatable bonds is 5. The van der Waals surface area contributed by atoms with E-state index in [1.165, 1.54) is 16.7 Å². The molecule has 2 rings (SSSR count). The molecular formula is C15H21N3O. The van der Waals surface area contributed by atoms with E-state index in [0.717, 1.165) is 18.8 Å². The maximum atomic E-state index is 4.95. The average Bonchev–Trinajstić information content (AvgIpc) is 2.78. The van der Waals surface area contributed by atoms with E-state index in [1.807, 2.05) is 6.92 Å². The molecule has 0 saturated carbocycles. The van der Waals surface area contributed by atoms with Gasteiger partial charge >= 0.3 is 0 Å². The van der Waals surface area contributed by atoms with Crippen molar-refractivity contribution in [3.8, 4) is 0 Å². The third-order valence-corrected chi connectivity index (χ3v) is 3.40. The van der Waals surface area contributed by atoms with E-state index in [2.05, 4.69) is 54.4 Å². The molecule has 1 heterocycles. The lowest BCUT2D eigenvalue weighted by Crippen LogP contribution is -2.21. The Labute approximate surface area is 114 Å². The van der Waals surface area contributed by atoms with Crippen LogP contribution in [0.15, 0.2) is 22.7 Å². The Morgan fingerprint density at radius 2 is 2.00 bits per heavy atom. The van der Waals surface area contributed by atoms with Gasteiger partial charge in [0.05, 0.1) is 0 Å². The van der Waals surface area contributed by atoms with Crippen LogP contribution < -0.4 is 5.32 Å². The SMILES string of the molecule is Cc1nc(CCNC(C)c2ccc(C)c(C)c2)no1. The predicted octanol–water partition coefficient (Wildman–Crippen LogP) is 2.89. The van der Waals surface area contributed by atoms with E-state index < -0.39 is 0 Å². The van der Waals surface area contributed by atoms with Gasteiger partial charge < -0.3 is 9.84 Å². The van der Waals surface area contributed by atoms with Crippen molar-refractivity contribution >= 4 is 0 Å².